The summed E-state index contributed by atoms with van der Waals surface area (Å²) in [6, 6.07) is -0.884. The molecule has 0 heterocycles. The van der Waals surface area contributed by atoms with Crippen molar-refractivity contribution in [3.8, 4) is 0 Å². The SMILES string of the molecule is CC/C=C/C=C/C=C/CCCCCCCCCC(=O)OC(/C=C/CCCCCCCCCCCCC)C(COP(=O)(O)OCC[N+](C)(C)C)NC(=O)CC/C=C/C/C=C\CCCCCCCC. The van der Waals surface area contributed by atoms with Crippen LogP contribution in [0.3, 0.4) is 0 Å². The molecule has 0 aliphatic carbocycles. The molecule has 3 unspecified atom stereocenters. The Morgan fingerprint density at radius 2 is 1.03 bits per heavy atom. The van der Waals surface area contributed by atoms with Crippen LogP contribution in [0.2, 0.25) is 0 Å². The van der Waals surface area contributed by atoms with Crippen molar-refractivity contribution in [2.45, 2.75) is 238 Å². The molecule has 0 rings (SSSR count). The molecule has 0 aliphatic rings. The lowest BCUT2D eigenvalue weighted by molar-refractivity contribution is -0.870. The summed E-state index contributed by atoms with van der Waals surface area (Å²) in [7, 11) is 1.45. The number of nitrogens with one attached hydrogen (secondary N) is 1. The minimum absolute atomic E-state index is 0.0265. The molecule has 0 aromatic heterocycles. The number of phosphoric acid groups is 1. The normalized spacial score (nSPS) is 14.4. The molecule has 10 heteroatoms. The van der Waals surface area contributed by atoms with Gasteiger partial charge >= 0.3 is 13.8 Å². The standard InChI is InChI=1S/C57H103N2O7P/c1-7-10-13-16-19-22-25-28-29-32-35-38-41-44-47-50-57(61)66-55(48-45-42-39-36-33-30-26-23-20-17-14-11-8-2)54(53-65-67(62,63)64-52-51-59(4,5)6)58-56(60)49-46-43-40-37-34-31-27-24-21-18-15-12-9-3/h10,13,16,19,22,25,31,34,40,43,45,48,54-55H,7-9,11-12,14-15,17-18,20-21,23-24,26-30,32-33,35-39,41-42,44,46-47,49-53H2,1-6H3,(H-,58,60,62,63)/p+1/b13-10+,19-16+,25-22+,34-31-,43-40+,48-45+. The van der Waals surface area contributed by atoms with Crippen molar-refractivity contribution in [2.75, 3.05) is 40.9 Å². The van der Waals surface area contributed by atoms with Crippen LogP contribution in [0.5, 0.6) is 0 Å². The average Bonchev–Trinajstić information content (AvgIpc) is 3.28. The van der Waals surface area contributed by atoms with Gasteiger partial charge in [-0.25, -0.2) is 4.57 Å². The molecule has 0 spiro atoms. The zero-order valence-electron chi connectivity index (χ0n) is 44.1. The fourth-order valence-corrected chi connectivity index (χ4v) is 8.20. The van der Waals surface area contributed by atoms with Crippen molar-refractivity contribution in [1.82, 2.24) is 5.32 Å². The predicted molar refractivity (Wildman–Crippen MR) is 286 cm³/mol. The molecule has 388 valence electrons. The number of rotatable bonds is 48. The number of quaternary nitrogens is 1. The van der Waals surface area contributed by atoms with Crippen LogP contribution in [0.4, 0.5) is 0 Å². The maximum atomic E-state index is 13.4. The van der Waals surface area contributed by atoms with Gasteiger partial charge in [0.2, 0.25) is 5.91 Å². The highest BCUT2D eigenvalue weighted by Gasteiger charge is 2.30. The van der Waals surface area contributed by atoms with E-state index in [1.165, 1.54) is 116 Å². The molecule has 1 amide bonds. The van der Waals surface area contributed by atoms with Crippen molar-refractivity contribution < 1.29 is 37.3 Å². The van der Waals surface area contributed by atoms with E-state index in [0.29, 0.717) is 17.4 Å². The molecule has 9 nitrogen and oxygen atoms in total. The maximum absolute atomic E-state index is 13.4. The van der Waals surface area contributed by atoms with E-state index < -0.39 is 20.0 Å². The van der Waals surface area contributed by atoms with Crippen molar-refractivity contribution in [1.29, 1.82) is 0 Å². The van der Waals surface area contributed by atoms with Gasteiger partial charge in [0.25, 0.3) is 0 Å². The number of carbonyl (C=O) groups is 2. The summed E-state index contributed by atoms with van der Waals surface area (Å²) < 4.78 is 30.5. The van der Waals surface area contributed by atoms with Gasteiger partial charge in [0.05, 0.1) is 33.8 Å². The Balaban J connectivity index is 5.51. The van der Waals surface area contributed by atoms with Gasteiger partial charge in [0, 0.05) is 12.8 Å². The topological polar surface area (TPSA) is 111 Å². The third-order valence-electron chi connectivity index (χ3n) is 11.7. The van der Waals surface area contributed by atoms with Crippen LogP contribution in [0.15, 0.2) is 72.9 Å². The Hall–Kier alpha value is -2.55. The highest BCUT2D eigenvalue weighted by molar-refractivity contribution is 7.47. The van der Waals surface area contributed by atoms with Crippen LogP contribution in [0, 0.1) is 0 Å². The third kappa shape index (κ3) is 48.3. The Kier molecular flexibility index (Phi) is 45.3. The molecule has 0 saturated carbocycles. The van der Waals surface area contributed by atoms with Gasteiger partial charge in [-0.05, 0) is 70.3 Å². The first-order valence-electron chi connectivity index (χ1n) is 27.3. The van der Waals surface area contributed by atoms with Gasteiger partial charge in [-0.2, -0.15) is 0 Å². The molecule has 3 atom stereocenters. The monoisotopic (exact) mass is 960 g/mol. The highest BCUT2D eigenvalue weighted by atomic mass is 31.2. The number of unbranched alkanes of at least 4 members (excludes halogenated alkanes) is 24. The van der Waals surface area contributed by atoms with Gasteiger partial charge < -0.3 is 19.4 Å². The molecule has 2 N–H and O–H groups in total. The van der Waals surface area contributed by atoms with Crippen LogP contribution < -0.4 is 5.32 Å². The Labute approximate surface area is 413 Å². The van der Waals surface area contributed by atoms with Gasteiger partial charge in [-0.15, -0.1) is 0 Å². The summed E-state index contributed by atoms with van der Waals surface area (Å²) in [6.45, 7) is 6.81. The molecule has 0 radical (unpaired) electrons. The largest absolute Gasteiger partial charge is 0.472 e. The number of amides is 1. The fourth-order valence-electron chi connectivity index (χ4n) is 7.46. The molecule has 0 fully saturated rings. The van der Waals surface area contributed by atoms with Crippen molar-refractivity contribution in [3.05, 3.63) is 72.9 Å². The van der Waals surface area contributed by atoms with E-state index in [-0.39, 0.29) is 37.9 Å². The number of likely N-dealkylation sites (N-methyl/N-ethyl adjacent to an activating group) is 1. The van der Waals surface area contributed by atoms with E-state index in [0.717, 1.165) is 70.6 Å². The second-order valence-corrected chi connectivity index (χ2v) is 20.9. The molecule has 0 aromatic rings. The van der Waals surface area contributed by atoms with Gasteiger partial charge in [0.15, 0.2) is 0 Å². The van der Waals surface area contributed by atoms with Crippen LogP contribution >= 0.6 is 7.82 Å². The molecule has 0 saturated heterocycles. The summed E-state index contributed by atoms with van der Waals surface area (Å²) in [5.74, 6) is -0.600. The number of esters is 1. The number of ether oxygens (including phenoxy) is 1. The third-order valence-corrected chi connectivity index (χ3v) is 12.7. The fraction of sp³-hybridized carbons (Fsp3) is 0.754. The number of allylic oxidation sites excluding steroid dienone is 11. The van der Waals surface area contributed by atoms with E-state index in [1.54, 1.807) is 0 Å². The van der Waals surface area contributed by atoms with Gasteiger partial charge in [0.1, 0.15) is 19.3 Å². The second kappa shape index (κ2) is 47.1. The lowest BCUT2D eigenvalue weighted by Gasteiger charge is -2.27. The van der Waals surface area contributed by atoms with Crippen LogP contribution in [-0.2, 0) is 27.9 Å². The number of hydrogen-bond acceptors (Lipinski definition) is 6. The van der Waals surface area contributed by atoms with Gasteiger partial charge in [-0.3, -0.25) is 18.6 Å². The summed E-state index contributed by atoms with van der Waals surface area (Å²) in [5.41, 5.74) is 0. The summed E-state index contributed by atoms with van der Waals surface area (Å²) in [4.78, 5) is 37.4. The van der Waals surface area contributed by atoms with Crippen LogP contribution in [0.25, 0.3) is 0 Å². The lowest BCUT2D eigenvalue weighted by atomic mass is 10.0. The predicted octanol–water partition coefficient (Wildman–Crippen LogP) is 16.1. The van der Waals surface area contributed by atoms with E-state index in [9.17, 15) is 19.0 Å². The van der Waals surface area contributed by atoms with Crippen molar-refractivity contribution in [3.63, 3.8) is 0 Å². The van der Waals surface area contributed by atoms with Crippen LogP contribution in [-0.4, -0.2) is 74.3 Å². The minimum atomic E-state index is -4.46. The molecular weight excluding hydrogens is 856 g/mol. The first-order chi connectivity index (χ1) is 32.4. The molecule has 0 aromatic carbocycles. The number of carbonyl (C=O) groups excluding carboxylic acids is 2. The van der Waals surface area contributed by atoms with Gasteiger partial charge in [-0.1, -0.05) is 216 Å². The average molecular weight is 960 g/mol. The Bertz CT molecular complexity index is 1380. The minimum Gasteiger partial charge on any atom is -0.456 e. The number of phosphoric ester groups is 1. The zero-order valence-corrected chi connectivity index (χ0v) is 45.0. The van der Waals surface area contributed by atoms with Crippen molar-refractivity contribution >= 4 is 19.7 Å². The Morgan fingerprint density at radius 1 is 0.552 bits per heavy atom. The van der Waals surface area contributed by atoms with Crippen LogP contribution in [0.1, 0.15) is 226 Å². The summed E-state index contributed by atoms with van der Waals surface area (Å²) >= 11 is 0. The zero-order chi connectivity index (χ0) is 49.4. The summed E-state index contributed by atoms with van der Waals surface area (Å²) in [5, 5.41) is 3.00. The first kappa shape index (κ1) is 64.5. The maximum Gasteiger partial charge on any atom is 0.472 e. The summed E-state index contributed by atoms with van der Waals surface area (Å²) in [6.07, 6.45) is 59.1. The smallest absolute Gasteiger partial charge is 0.456 e. The lowest BCUT2D eigenvalue weighted by Crippen LogP contribution is -2.47. The second-order valence-electron chi connectivity index (χ2n) is 19.4. The number of hydrogen-bond donors (Lipinski definition) is 2. The molecule has 0 aliphatic heterocycles. The molecule has 0 bridgehead atoms. The van der Waals surface area contributed by atoms with E-state index in [1.807, 2.05) is 39.4 Å². The molecule has 67 heavy (non-hydrogen) atoms. The Morgan fingerprint density at radius 3 is 1.57 bits per heavy atom. The number of nitrogens with zero attached hydrogens (tertiary/aromatic N) is 1. The van der Waals surface area contributed by atoms with E-state index in [4.69, 9.17) is 13.8 Å². The van der Waals surface area contributed by atoms with E-state index >= 15 is 0 Å². The first-order valence-corrected chi connectivity index (χ1v) is 28.8. The van der Waals surface area contributed by atoms with Crippen molar-refractivity contribution in [2.24, 2.45) is 0 Å². The van der Waals surface area contributed by atoms with E-state index in [2.05, 4.69) is 80.8 Å². The highest BCUT2D eigenvalue weighted by Crippen LogP contribution is 2.43. The molecular formula is C57H104N2O7P+. The quantitative estimate of drug-likeness (QED) is 0.0156.